The number of thioether (sulfide) groups is 1. The van der Waals surface area contributed by atoms with Crippen molar-refractivity contribution in [1.82, 2.24) is 9.62 Å². The summed E-state index contributed by atoms with van der Waals surface area (Å²) in [6.07, 6.45) is 2.39. The van der Waals surface area contributed by atoms with Crippen molar-refractivity contribution >= 4 is 33.4 Å². The first-order chi connectivity index (χ1) is 15.3. The zero-order valence-corrected chi connectivity index (χ0v) is 20.3. The second-order valence-corrected chi connectivity index (χ2v) is 11.7. The van der Waals surface area contributed by atoms with Crippen molar-refractivity contribution in [2.75, 3.05) is 30.7 Å². The van der Waals surface area contributed by atoms with Gasteiger partial charge in [-0.3, -0.25) is 9.69 Å². The highest BCUT2D eigenvalue weighted by atomic mass is 32.2. The number of nitrogens with one attached hydrogen (secondary N) is 2. The number of nitrogens with zero attached hydrogens (tertiary/aromatic N) is 1. The van der Waals surface area contributed by atoms with E-state index in [1.165, 1.54) is 16.7 Å². The SMILES string of the molecule is Cc1ccc(C)c(CN2CCC(CNS(=O)(=O)c3ccc4c(c3)NC(=O)CCS4)CC2)c1. The second kappa shape index (κ2) is 9.95. The predicted molar refractivity (Wildman–Crippen MR) is 130 cm³/mol. The Morgan fingerprint density at radius 1 is 1.12 bits per heavy atom. The third-order valence-corrected chi connectivity index (χ3v) is 8.79. The molecule has 4 rings (SSSR count). The number of hydrogen-bond acceptors (Lipinski definition) is 5. The van der Waals surface area contributed by atoms with E-state index < -0.39 is 10.0 Å². The lowest BCUT2D eigenvalue weighted by atomic mass is 9.96. The maximum absolute atomic E-state index is 12.9. The van der Waals surface area contributed by atoms with Crippen molar-refractivity contribution in [3.05, 3.63) is 53.1 Å². The summed E-state index contributed by atoms with van der Waals surface area (Å²) in [5.41, 5.74) is 4.56. The van der Waals surface area contributed by atoms with E-state index in [-0.39, 0.29) is 10.8 Å². The number of likely N-dealkylation sites (tertiary alicyclic amines) is 1. The molecule has 2 aromatic carbocycles. The van der Waals surface area contributed by atoms with Crippen LogP contribution in [0.3, 0.4) is 0 Å². The molecule has 0 saturated carbocycles. The normalized spacial score (nSPS) is 18.1. The van der Waals surface area contributed by atoms with Gasteiger partial charge in [-0.1, -0.05) is 23.8 Å². The van der Waals surface area contributed by atoms with Crippen molar-refractivity contribution in [2.24, 2.45) is 5.92 Å². The Hall–Kier alpha value is -1.87. The first kappa shape index (κ1) is 23.3. The van der Waals surface area contributed by atoms with Gasteiger partial charge < -0.3 is 5.32 Å². The molecule has 1 amide bonds. The predicted octanol–water partition coefficient (Wildman–Crippen LogP) is 3.93. The highest BCUT2D eigenvalue weighted by molar-refractivity contribution is 7.99. The van der Waals surface area contributed by atoms with E-state index in [0.717, 1.165) is 37.4 Å². The lowest BCUT2D eigenvalue weighted by molar-refractivity contribution is -0.115. The quantitative estimate of drug-likeness (QED) is 0.665. The van der Waals surface area contributed by atoms with Gasteiger partial charge in [-0.2, -0.15) is 0 Å². The lowest BCUT2D eigenvalue weighted by Crippen LogP contribution is -2.38. The Morgan fingerprint density at radius 2 is 1.91 bits per heavy atom. The van der Waals surface area contributed by atoms with E-state index in [1.54, 1.807) is 30.0 Å². The molecule has 2 N–H and O–H groups in total. The molecule has 0 aliphatic carbocycles. The van der Waals surface area contributed by atoms with Crippen LogP contribution in [0.5, 0.6) is 0 Å². The number of hydrogen-bond donors (Lipinski definition) is 2. The summed E-state index contributed by atoms with van der Waals surface area (Å²) in [6, 6.07) is 11.6. The lowest BCUT2D eigenvalue weighted by Gasteiger charge is -2.32. The Bertz CT molecular complexity index is 1090. The Balaban J connectivity index is 1.31. The van der Waals surface area contributed by atoms with E-state index in [4.69, 9.17) is 0 Å². The average molecular weight is 474 g/mol. The van der Waals surface area contributed by atoms with Gasteiger partial charge >= 0.3 is 0 Å². The maximum Gasteiger partial charge on any atom is 0.240 e. The number of rotatable bonds is 6. The number of carbonyl (C=O) groups is 1. The molecule has 2 aromatic rings. The summed E-state index contributed by atoms with van der Waals surface area (Å²) >= 11 is 1.57. The molecule has 0 unspecified atom stereocenters. The van der Waals surface area contributed by atoms with Crippen LogP contribution >= 0.6 is 11.8 Å². The smallest absolute Gasteiger partial charge is 0.240 e. The minimum Gasteiger partial charge on any atom is -0.325 e. The van der Waals surface area contributed by atoms with E-state index >= 15 is 0 Å². The van der Waals surface area contributed by atoms with Gasteiger partial charge in [-0.25, -0.2) is 13.1 Å². The first-order valence-corrected chi connectivity index (χ1v) is 13.6. The number of carbonyl (C=O) groups excluding carboxylic acids is 1. The third-order valence-electron chi connectivity index (χ3n) is 6.29. The molecule has 2 aliphatic rings. The molecule has 172 valence electrons. The average Bonchev–Trinajstić information content (AvgIpc) is 2.95. The highest BCUT2D eigenvalue weighted by Gasteiger charge is 2.23. The van der Waals surface area contributed by atoms with Gasteiger partial charge in [0.2, 0.25) is 15.9 Å². The van der Waals surface area contributed by atoms with Crippen LogP contribution in [-0.2, 0) is 21.4 Å². The number of piperidine rings is 1. The van der Waals surface area contributed by atoms with E-state index in [0.29, 0.717) is 30.3 Å². The summed E-state index contributed by atoms with van der Waals surface area (Å²) in [5.74, 6) is 0.952. The molecule has 0 radical (unpaired) electrons. The van der Waals surface area contributed by atoms with Crippen molar-refractivity contribution in [3.63, 3.8) is 0 Å². The molecular formula is C24H31N3O3S2. The molecule has 0 spiro atoms. The number of benzene rings is 2. The summed E-state index contributed by atoms with van der Waals surface area (Å²) in [6.45, 7) is 7.62. The zero-order chi connectivity index (χ0) is 22.7. The van der Waals surface area contributed by atoms with E-state index in [9.17, 15) is 13.2 Å². The first-order valence-electron chi connectivity index (χ1n) is 11.1. The minimum absolute atomic E-state index is 0.0774. The van der Waals surface area contributed by atoms with Crippen molar-refractivity contribution in [1.29, 1.82) is 0 Å². The fourth-order valence-electron chi connectivity index (χ4n) is 4.24. The van der Waals surface area contributed by atoms with Gasteiger partial charge in [0.1, 0.15) is 0 Å². The molecular weight excluding hydrogens is 442 g/mol. The standard InChI is InChI=1S/C24H31N3O3S2/c1-17-3-4-18(2)20(13-17)16-27-10-7-19(8-11-27)15-25-32(29,30)21-5-6-23-22(14-21)26-24(28)9-12-31-23/h3-6,13-14,19,25H,7-12,15-16H2,1-2H3,(H,26,28). The van der Waals surface area contributed by atoms with Crippen LogP contribution in [0, 0.1) is 19.8 Å². The molecule has 2 heterocycles. The molecule has 1 fully saturated rings. The Kier molecular flexibility index (Phi) is 7.24. The zero-order valence-electron chi connectivity index (χ0n) is 18.7. The van der Waals surface area contributed by atoms with Crippen LogP contribution < -0.4 is 10.0 Å². The topological polar surface area (TPSA) is 78.5 Å². The maximum atomic E-state index is 12.9. The second-order valence-electron chi connectivity index (χ2n) is 8.81. The van der Waals surface area contributed by atoms with Gasteiger partial charge in [-0.15, -0.1) is 11.8 Å². The van der Waals surface area contributed by atoms with Crippen LogP contribution in [0.2, 0.25) is 0 Å². The number of anilines is 1. The van der Waals surface area contributed by atoms with Crippen molar-refractivity contribution < 1.29 is 13.2 Å². The molecule has 32 heavy (non-hydrogen) atoms. The van der Waals surface area contributed by atoms with Gasteiger partial charge in [0.05, 0.1) is 10.6 Å². The molecule has 0 aromatic heterocycles. The van der Waals surface area contributed by atoms with Crippen LogP contribution in [0.15, 0.2) is 46.2 Å². The Morgan fingerprint density at radius 3 is 2.69 bits per heavy atom. The van der Waals surface area contributed by atoms with Crippen molar-refractivity contribution in [3.8, 4) is 0 Å². The fourth-order valence-corrected chi connectivity index (χ4v) is 6.32. The highest BCUT2D eigenvalue weighted by Crippen LogP contribution is 2.32. The van der Waals surface area contributed by atoms with Crippen LogP contribution in [-0.4, -0.2) is 44.6 Å². The molecule has 1 saturated heterocycles. The number of aryl methyl sites for hydroxylation is 2. The Labute approximate surface area is 195 Å². The largest absolute Gasteiger partial charge is 0.325 e. The summed E-state index contributed by atoms with van der Waals surface area (Å²) in [7, 11) is -3.62. The van der Waals surface area contributed by atoms with E-state index in [1.807, 2.05) is 0 Å². The van der Waals surface area contributed by atoms with Crippen molar-refractivity contribution in [2.45, 2.75) is 49.4 Å². The number of sulfonamides is 1. The summed E-state index contributed by atoms with van der Waals surface area (Å²) in [5, 5.41) is 2.81. The van der Waals surface area contributed by atoms with Gasteiger partial charge in [-0.05, 0) is 75.0 Å². The third kappa shape index (κ3) is 5.73. The molecule has 2 aliphatic heterocycles. The molecule has 8 heteroatoms. The number of amides is 1. The van der Waals surface area contributed by atoms with Gasteiger partial charge in [0.15, 0.2) is 0 Å². The molecule has 0 bridgehead atoms. The number of fused-ring (bicyclic) bond motifs is 1. The van der Waals surface area contributed by atoms with Gasteiger partial charge in [0.25, 0.3) is 0 Å². The van der Waals surface area contributed by atoms with Crippen LogP contribution in [0.25, 0.3) is 0 Å². The van der Waals surface area contributed by atoms with Crippen LogP contribution in [0.1, 0.15) is 36.0 Å². The summed E-state index contributed by atoms with van der Waals surface area (Å²) in [4.78, 5) is 15.4. The fraction of sp³-hybridized carbons (Fsp3) is 0.458. The monoisotopic (exact) mass is 473 g/mol. The molecule has 6 nitrogen and oxygen atoms in total. The van der Waals surface area contributed by atoms with Gasteiger partial charge in [0, 0.05) is 30.2 Å². The van der Waals surface area contributed by atoms with E-state index in [2.05, 4.69) is 47.0 Å². The minimum atomic E-state index is -3.62. The summed E-state index contributed by atoms with van der Waals surface area (Å²) < 4.78 is 28.5. The molecule has 0 atom stereocenters. The van der Waals surface area contributed by atoms with Crippen LogP contribution in [0.4, 0.5) is 5.69 Å².